The number of nitrogens with two attached hydrogens (primary N) is 1. The van der Waals surface area contributed by atoms with E-state index in [1.54, 1.807) is 18.4 Å². The van der Waals surface area contributed by atoms with Crippen molar-refractivity contribution in [3.05, 3.63) is 34.8 Å². The fourth-order valence-corrected chi connectivity index (χ4v) is 2.62. The monoisotopic (exact) mass is 248 g/mol. The lowest BCUT2D eigenvalue weighted by molar-refractivity contribution is 0.415. The Balaban J connectivity index is 2.29. The molecular weight excluding hydrogens is 232 g/mol. The predicted molar refractivity (Wildman–Crippen MR) is 71.6 cm³/mol. The number of methoxy groups -OCH3 is 1. The molecule has 17 heavy (non-hydrogen) atoms. The zero-order valence-electron chi connectivity index (χ0n) is 10.1. The summed E-state index contributed by atoms with van der Waals surface area (Å²) < 4.78 is 5.14. The Hall–Kier alpha value is -1.39. The Morgan fingerprint density at radius 2 is 2.00 bits per heavy atom. The molecule has 4 heteroatoms. The summed E-state index contributed by atoms with van der Waals surface area (Å²) in [7, 11) is 1.67. The Morgan fingerprint density at radius 1 is 1.29 bits per heavy atom. The maximum Gasteiger partial charge on any atom is 0.123 e. The molecule has 0 aliphatic rings. The van der Waals surface area contributed by atoms with Crippen LogP contribution in [0, 0.1) is 6.92 Å². The van der Waals surface area contributed by atoms with Crippen molar-refractivity contribution >= 4 is 11.3 Å². The normalized spacial score (nSPS) is 10.5. The van der Waals surface area contributed by atoms with E-state index in [0.29, 0.717) is 6.54 Å². The molecular formula is C13H16N2OS. The molecule has 0 amide bonds. The van der Waals surface area contributed by atoms with Crippen LogP contribution >= 0.6 is 11.3 Å². The number of ether oxygens (including phenoxy) is 1. The Bertz CT molecular complexity index is 491. The Morgan fingerprint density at radius 3 is 2.59 bits per heavy atom. The van der Waals surface area contributed by atoms with E-state index in [1.165, 1.54) is 4.88 Å². The molecule has 0 saturated carbocycles. The first-order valence-corrected chi connectivity index (χ1v) is 6.37. The number of hydrogen-bond acceptors (Lipinski definition) is 4. The number of nitrogens with zero attached hydrogens (tertiary/aromatic N) is 1. The fraction of sp³-hybridized carbons (Fsp3) is 0.308. The third-order valence-corrected chi connectivity index (χ3v) is 3.67. The molecule has 0 aliphatic carbocycles. The number of thiazole rings is 1. The standard InChI is InChI=1S/C13H16N2OS/c1-9-12(7-8-14)15-13(17-9)10-3-5-11(16-2)6-4-10/h3-6H,7-8,14H2,1-2H3. The van der Waals surface area contributed by atoms with Crippen LogP contribution in [0.5, 0.6) is 5.75 Å². The molecule has 0 radical (unpaired) electrons. The highest BCUT2D eigenvalue weighted by Crippen LogP contribution is 2.28. The van der Waals surface area contributed by atoms with Gasteiger partial charge < -0.3 is 10.5 Å². The zero-order chi connectivity index (χ0) is 12.3. The molecule has 0 atom stereocenters. The summed E-state index contributed by atoms with van der Waals surface area (Å²) >= 11 is 1.71. The van der Waals surface area contributed by atoms with Crippen LogP contribution in [-0.2, 0) is 6.42 Å². The lowest BCUT2D eigenvalue weighted by Gasteiger charge is -2.00. The number of aryl methyl sites for hydroxylation is 1. The van der Waals surface area contributed by atoms with Crippen LogP contribution in [-0.4, -0.2) is 18.6 Å². The molecule has 0 aliphatic heterocycles. The van der Waals surface area contributed by atoms with Crippen LogP contribution in [0.3, 0.4) is 0 Å². The van der Waals surface area contributed by atoms with Crippen molar-refractivity contribution in [2.24, 2.45) is 5.73 Å². The van der Waals surface area contributed by atoms with Crippen LogP contribution in [0.4, 0.5) is 0 Å². The second-order valence-corrected chi connectivity index (χ2v) is 4.99. The molecule has 0 unspecified atom stereocenters. The number of aromatic nitrogens is 1. The summed E-state index contributed by atoms with van der Waals surface area (Å²) in [6.07, 6.45) is 0.846. The molecule has 0 spiro atoms. The van der Waals surface area contributed by atoms with Gasteiger partial charge in [-0.1, -0.05) is 0 Å². The summed E-state index contributed by atoms with van der Waals surface area (Å²) in [4.78, 5) is 5.87. The Kier molecular flexibility index (Phi) is 3.76. The van der Waals surface area contributed by atoms with Gasteiger partial charge in [-0.2, -0.15) is 0 Å². The molecule has 2 rings (SSSR count). The SMILES string of the molecule is COc1ccc(-c2nc(CCN)c(C)s2)cc1. The minimum absolute atomic E-state index is 0.645. The molecule has 2 N–H and O–H groups in total. The third-order valence-electron chi connectivity index (χ3n) is 2.61. The van der Waals surface area contributed by atoms with Gasteiger partial charge in [0.05, 0.1) is 12.8 Å². The first kappa shape index (κ1) is 12.1. The van der Waals surface area contributed by atoms with E-state index in [0.717, 1.165) is 28.4 Å². The summed E-state index contributed by atoms with van der Waals surface area (Å²) in [5, 5.41) is 1.05. The topological polar surface area (TPSA) is 48.1 Å². The Labute approximate surface area is 105 Å². The van der Waals surface area contributed by atoms with Gasteiger partial charge in [0.1, 0.15) is 10.8 Å². The molecule has 0 fully saturated rings. The van der Waals surface area contributed by atoms with Crippen LogP contribution < -0.4 is 10.5 Å². The predicted octanol–water partition coefficient (Wildman–Crippen LogP) is 2.63. The van der Waals surface area contributed by atoms with Gasteiger partial charge >= 0.3 is 0 Å². The average molecular weight is 248 g/mol. The van der Waals surface area contributed by atoms with E-state index >= 15 is 0 Å². The van der Waals surface area contributed by atoms with E-state index in [2.05, 4.69) is 11.9 Å². The van der Waals surface area contributed by atoms with Gasteiger partial charge in [-0.3, -0.25) is 0 Å². The quantitative estimate of drug-likeness (QED) is 0.904. The second kappa shape index (κ2) is 5.29. The summed E-state index contributed by atoms with van der Waals surface area (Å²) in [6.45, 7) is 2.74. The molecule has 0 bridgehead atoms. The van der Waals surface area contributed by atoms with Crippen LogP contribution in [0.15, 0.2) is 24.3 Å². The van der Waals surface area contributed by atoms with E-state index < -0.39 is 0 Å². The number of benzene rings is 1. The third kappa shape index (κ3) is 2.65. The van der Waals surface area contributed by atoms with E-state index in [-0.39, 0.29) is 0 Å². The maximum atomic E-state index is 5.56. The highest BCUT2D eigenvalue weighted by atomic mass is 32.1. The maximum absolute atomic E-state index is 5.56. The molecule has 1 aromatic carbocycles. The first-order valence-electron chi connectivity index (χ1n) is 5.55. The number of rotatable bonds is 4. The van der Waals surface area contributed by atoms with Crippen molar-refractivity contribution in [1.29, 1.82) is 0 Å². The van der Waals surface area contributed by atoms with Gasteiger partial charge in [-0.15, -0.1) is 11.3 Å². The summed E-state index contributed by atoms with van der Waals surface area (Å²) in [5.74, 6) is 0.865. The summed E-state index contributed by atoms with van der Waals surface area (Å²) in [6, 6.07) is 7.97. The van der Waals surface area contributed by atoms with Crippen molar-refractivity contribution in [3.63, 3.8) is 0 Å². The van der Waals surface area contributed by atoms with Gasteiger partial charge in [0.25, 0.3) is 0 Å². The van der Waals surface area contributed by atoms with Gasteiger partial charge in [0.15, 0.2) is 0 Å². The molecule has 3 nitrogen and oxygen atoms in total. The molecule has 0 saturated heterocycles. The highest BCUT2D eigenvalue weighted by molar-refractivity contribution is 7.15. The van der Waals surface area contributed by atoms with Gasteiger partial charge in [-0.25, -0.2) is 4.98 Å². The largest absolute Gasteiger partial charge is 0.497 e. The van der Waals surface area contributed by atoms with Crippen LogP contribution in [0.1, 0.15) is 10.6 Å². The van der Waals surface area contributed by atoms with Gasteiger partial charge in [0.2, 0.25) is 0 Å². The summed E-state index contributed by atoms with van der Waals surface area (Å²) in [5.41, 5.74) is 7.80. The van der Waals surface area contributed by atoms with Crippen molar-refractivity contribution in [3.8, 4) is 16.3 Å². The van der Waals surface area contributed by atoms with E-state index in [1.807, 2.05) is 24.3 Å². The highest BCUT2D eigenvalue weighted by Gasteiger charge is 2.08. The van der Waals surface area contributed by atoms with E-state index in [9.17, 15) is 0 Å². The minimum Gasteiger partial charge on any atom is -0.497 e. The lowest BCUT2D eigenvalue weighted by Crippen LogP contribution is -2.03. The van der Waals surface area contributed by atoms with Crippen molar-refractivity contribution in [2.75, 3.05) is 13.7 Å². The molecule has 1 heterocycles. The van der Waals surface area contributed by atoms with Gasteiger partial charge in [0, 0.05) is 16.9 Å². The van der Waals surface area contributed by atoms with Crippen LogP contribution in [0.2, 0.25) is 0 Å². The molecule has 2 aromatic rings. The van der Waals surface area contributed by atoms with Crippen molar-refractivity contribution < 1.29 is 4.74 Å². The van der Waals surface area contributed by atoms with Crippen LogP contribution in [0.25, 0.3) is 10.6 Å². The number of hydrogen-bond donors (Lipinski definition) is 1. The van der Waals surface area contributed by atoms with Crippen molar-refractivity contribution in [2.45, 2.75) is 13.3 Å². The van der Waals surface area contributed by atoms with Crippen molar-refractivity contribution in [1.82, 2.24) is 4.98 Å². The second-order valence-electron chi connectivity index (χ2n) is 3.79. The fourth-order valence-electron chi connectivity index (χ4n) is 1.65. The lowest BCUT2D eigenvalue weighted by atomic mass is 10.2. The molecule has 1 aromatic heterocycles. The average Bonchev–Trinajstić information content (AvgIpc) is 2.72. The smallest absolute Gasteiger partial charge is 0.123 e. The minimum atomic E-state index is 0.645. The van der Waals surface area contributed by atoms with E-state index in [4.69, 9.17) is 10.5 Å². The first-order chi connectivity index (χ1) is 8.24. The zero-order valence-corrected chi connectivity index (χ0v) is 10.9. The van der Waals surface area contributed by atoms with Gasteiger partial charge in [-0.05, 0) is 37.7 Å². The molecule has 90 valence electrons.